The van der Waals surface area contributed by atoms with E-state index in [1.54, 1.807) is 48.0 Å². The minimum atomic E-state index is -3.32. The van der Waals surface area contributed by atoms with Crippen LogP contribution in [-0.4, -0.2) is 59.6 Å². The summed E-state index contributed by atoms with van der Waals surface area (Å²) in [6.07, 6.45) is 6.31. The normalized spacial score (nSPS) is 14.3. The molecule has 5 rings (SSSR count). The van der Waals surface area contributed by atoms with Crippen molar-refractivity contribution in [2.75, 3.05) is 29.4 Å². The lowest BCUT2D eigenvalue weighted by Gasteiger charge is -2.38. The van der Waals surface area contributed by atoms with Crippen LogP contribution in [0.1, 0.15) is 29.1 Å². The summed E-state index contributed by atoms with van der Waals surface area (Å²) in [5.74, 6) is 1.32. The third kappa shape index (κ3) is 8.51. The van der Waals surface area contributed by atoms with Crippen LogP contribution in [0.25, 0.3) is 0 Å². The maximum absolute atomic E-state index is 13.3. The zero-order chi connectivity index (χ0) is 29.5. The molecule has 2 aromatic carbocycles. The van der Waals surface area contributed by atoms with E-state index in [4.69, 9.17) is 4.74 Å². The van der Waals surface area contributed by atoms with E-state index in [1.165, 1.54) is 5.56 Å². The van der Waals surface area contributed by atoms with Gasteiger partial charge in [-0.05, 0) is 73.9 Å². The number of anilines is 2. The number of hydrogen-bond donors (Lipinski definition) is 2. The molecular formula is C30H34N6O4S2. The van der Waals surface area contributed by atoms with Crippen molar-refractivity contribution in [3.8, 4) is 11.5 Å². The number of rotatable bonds is 10. The van der Waals surface area contributed by atoms with Gasteiger partial charge in [0.05, 0.1) is 24.7 Å². The predicted molar refractivity (Wildman–Crippen MR) is 165 cm³/mol. The lowest BCUT2D eigenvalue weighted by atomic mass is 10.0. The molecule has 2 amide bonds. The number of nitrogens with one attached hydrogen (secondary N) is 2. The van der Waals surface area contributed by atoms with Crippen molar-refractivity contribution in [3.63, 3.8) is 0 Å². The Balaban J connectivity index is 1.14. The van der Waals surface area contributed by atoms with E-state index in [2.05, 4.69) is 37.0 Å². The van der Waals surface area contributed by atoms with Gasteiger partial charge in [-0.2, -0.15) is 0 Å². The Hall–Kier alpha value is -4.00. The first kappa shape index (κ1) is 29.5. The Kier molecular flexibility index (Phi) is 9.35. The van der Waals surface area contributed by atoms with Crippen molar-refractivity contribution in [1.29, 1.82) is 0 Å². The Labute approximate surface area is 250 Å². The number of amides is 2. The van der Waals surface area contributed by atoms with Gasteiger partial charge in [0.1, 0.15) is 16.5 Å². The van der Waals surface area contributed by atoms with E-state index in [9.17, 15) is 13.2 Å². The summed E-state index contributed by atoms with van der Waals surface area (Å²) in [6.45, 7) is 4.97. The summed E-state index contributed by atoms with van der Waals surface area (Å²) < 4.78 is 31.1. The molecule has 1 fully saturated rings. The molecular weight excluding hydrogens is 573 g/mol. The molecule has 2 N–H and O–H groups in total. The van der Waals surface area contributed by atoms with Gasteiger partial charge in [0.25, 0.3) is 0 Å². The molecule has 1 aliphatic heterocycles. The Morgan fingerprint density at radius 2 is 1.67 bits per heavy atom. The number of benzene rings is 2. The number of aromatic nitrogens is 2. The molecule has 10 nitrogen and oxygen atoms in total. The third-order valence-electron chi connectivity index (χ3n) is 6.93. The highest BCUT2D eigenvalue weighted by atomic mass is 32.2. The number of urea groups is 1. The summed E-state index contributed by atoms with van der Waals surface area (Å²) in [7, 11) is -3.32. The number of sulfonamides is 1. The molecule has 3 heterocycles. The molecule has 220 valence electrons. The van der Waals surface area contributed by atoms with Crippen LogP contribution >= 0.6 is 11.3 Å². The Morgan fingerprint density at radius 3 is 2.26 bits per heavy atom. The van der Waals surface area contributed by atoms with Crippen LogP contribution < -0.4 is 14.8 Å². The minimum Gasteiger partial charge on any atom is -0.457 e. The number of carbonyl (C=O) groups is 1. The fourth-order valence-electron chi connectivity index (χ4n) is 4.83. The standard InChI is InChI=1S/C30H34N6O4S2/c1-22-3-6-25(19-32-22)33-30(37)36(21-29-31-15-18-41-29)26-13-16-35(17-14-26)20-23-4-9-27(10-5-23)40-28-11-7-24(8-12-28)34-42(2,38)39/h3-12,15,18-19,26,34H,13-14,16-17,20-21H2,1-2H3,(H,33,37). The fourth-order valence-corrected chi connectivity index (χ4v) is 6.01. The van der Waals surface area contributed by atoms with Crippen LogP contribution in [0.2, 0.25) is 0 Å². The molecule has 0 radical (unpaired) electrons. The van der Waals surface area contributed by atoms with Crippen molar-refractivity contribution in [1.82, 2.24) is 19.8 Å². The maximum atomic E-state index is 13.3. The molecule has 42 heavy (non-hydrogen) atoms. The highest BCUT2D eigenvalue weighted by molar-refractivity contribution is 7.92. The van der Waals surface area contributed by atoms with E-state index in [-0.39, 0.29) is 12.1 Å². The van der Waals surface area contributed by atoms with Gasteiger partial charge in [0.2, 0.25) is 10.0 Å². The number of piperidine rings is 1. The second-order valence-corrected chi connectivity index (χ2v) is 13.1. The number of carbonyl (C=O) groups excluding carboxylic acids is 1. The van der Waals surface area contributed by atoms with E-state index in [0.717, 1.165) is 49.4 Å². The largest absolute Gasteiger partial charge is 0.457 e. The van der Waals surface area contributed by atoms with E-state index >= 15 is 0 Å². The van der Waals surface area contributed by atoms with Gasteiger partial charge in [-0.3, -0.25) is 14.6 Å². The number of ether oxygens (including phenoxy) is 1. The molecule has 12 heteroatoms. The summed E-state index contributed by atoms with van der Waals surface area (Å²) in [4.78, 5) is 26.4. The highest BCUT2D eigenvalue weighted by Crippen LogP contribution is 2.26. The molecule has 1 saturated heterocycles. The molecule has 0 spiro atoms. The zero-order valence-electron chi connectivity index (χ0n) is 23.6. The molecule has 0 saturated carbocycles. The Bertz CT molecular complexity index is 1550. The van der Waals surface area contributed by atoms with Crippen LogP contribution in [0.3, 0.4) is 0 Å². The lowest BCUT2D eigenvalue weighted by Crippen LogP contribution is -2.48. The second-order valence-electron chi connectivity index (χ2n) is 10.3. The van der Waals surface area contributed by atoms with Gasteiger partial charge in [0.15, 0.2) is 0 Å². The SMILES string of the molecule is Cc1ccc(NC(=O)N(Cc2nccs2)C2CCN(Cc3ccc(Oc4ccc(NS(C)(=O)=O)cc4)cc3)CC2)cn1. The first-order valence-electron chi connectivity index (χ1n) is 13.7. The number of hydrogen-bond acceptors (Lipinski definition) is 8. The average Bonchev–Trinajstić information content (AvgIpc) is 3.48. The van der Waals surface area contributed by atoms with Gasteiger partial charge >= 0.3 is 6.03 Å². The quantitative estimate of drug-likeness (QED) is 0.238. The topological polar surface area (TPSA) is 117 Å². The van der Waals surface area contributed by atoms with Crippen LogP contribution in [0, 0.1) is 6.92 Å². The lowest BCUT2D eigenvalue weighted by molar-refractivity contribution is 0.119. The van der Waals surface area contributed by atoms with Gasteiger partial charge < -0.3 is 15.0 Å². The number of aryl methyl sites for hydroxylation is 1. The van der Waals surface area contributed by atoms with Crippen molar-refractivity contribution in [2.45, 2.75) is 38.9 Å². The molecule has 4 aromatic rings. The Morgan fingerprint density at radius 1 is 1.00 bits per heavy atom. The number of pyridine rings is 1. The summed E-state index contributed by atoms with van der Waals surface area (Å²) in [5.41, 5.74) is 3.25. The van der Waals surface area contributed by atoms with Crippen LogP contribution in [0.5, 0.6) is 11.5 Å². The number of nitrogens with zero attached hydrogens (tertiary/aromatic N) is 4. The molecule has 0 bridgehead atoms. The van der Waals surface area contributed by atoms with Crippen molar-refractivity contribution in [2.24, 2.45) is 0 Å². The molecule has 0 unspecified atom stereocenters. The van der Waals surface area contributed by atoms with Crippen molar-refractivity contribution in [3.05, 3.63) is 94.7 Å². The summed E-state index contributed by atoms with van der Waals surface area (Å²) >= 11 is 1.56. The van der Waals surface area contributed by atoms with Crippen LogP contribution in [-0.2, 0) is 23.1 Å². The minimum absolute atomic E-state index is 0.110. The third-order valence-corrected chi connectivity index (χ3v) is 8.30. The fraction of sp³-hybridized carbons (Fsp3) is 0.300. The zero-order valence-corrected chi connectivity index (χ0v) is 25.2. The van der Waals surface area contributed by atoms with Crippen molar-refractivity contribution < 1.29 is 17.9 Å². The molecule has 0 aliphatic carbocycles. The average molecular weight is 607 g/mol. The summed E-state index contributed by atoms with van der Waals surface area (Å²) in [5, 5.41) is 5.86. The molecule has 1 aliphatic rings. The van der Waals surface area contributed by atoms with Gasteiger partial charge in [-0.15, -0.1) is 11.3 Å². The first-order chi connectivity index (χ1) is 20.2. The van der Waals surface area contributed by atoms with Crippen LogP contribution in [0.15, 0.2) is 78.4 Å². The van der Waals surface area contributed by atoms with E-state index in [1.807, 2.05) is 41.5 Å². The van der Waals surface area contributed by atoms with Gasteiger partial charge in [0, 0.05) is 48.6 Å². The number of thiazole rings is 1. The summed E-state index contributed by atoms with van der Waals surface area (Å²) in [6, 6.07) is 18.5. The van der Waals surface area contributed by atoms with Crippen molar-refractivity contribution >= 4 is 38.8 Å². The first-order valence-corrected chi connectivity index (χ1v) is 16.4. The molecule has 0 atom stereocenters. The molecule has 2 aromatic heterocycles. The van der Waals surface area contributed by atoms with Gasteiger partial charge in [-0.25, -0.2) is 18.2 Å². The van der Waals surface area contributed by atoms with E-state index < -0.39 is 10.0 Å². The number of likely N-dealkylation sites (tertiary alicyclic amines) is 1. The monoisotopic (exact) mass is 606 g/mol. The highest BCUT2D eigenvalue weighted by Gasteiger charge is 2.29. The van der Waals surface area contributed by atoms with Crippen LogP contribution in [0.4, 0.5) is 16.2 Å². The maximum Gasteiger partial charge on any atom is 0.322 e. The second kappa shape index (κ2) is 13.3. The smallest absolute Gasteiger partial charge is 0.322 e. The van der Waals surface area contributed by atoms with Gasteiger partial charge in [-0.1, -0.05) is 12.1 Å². The predicted octanol–water partition coefficient (Wildman–Crippen LogP) is 5.71. The van der Waals surface area contributed by atoms with E-state index in [0.29, 0.717) is 29.4 Å².